The molecule has 0 aliphatic heterocycles. The number of hydrogen-bond acceptors (Lipinski definition) is 0. The molecule has 0 heterocycles. The van der Waals surface area contributed by atoms with Gasteiger partial charge < -0.3 is 0 Å². The van der Waals surface area contributed by atoms with Crippen LogP contribution in [0.15, 0.2) is 376 Å². The fourth-order valence-corrected chi connectivity index (χ4v) is 14.1. The van der Waals surface area contributed by atoms with Crippen molar-refractivity contribution in [1.29, 1.82) is 0 Å². The second kappa shape index (κ2) is 24.5. The van der Waals surface area contributed by atoms with Gasteiger partial charge >= 0.3 is 0 Å². The summed E-state index contributed by atoms with van der Waals surface area (Å²) in [5, 5.41) is 12.6. The van der Waals surface area contributed by atoms with E-state index in [9.17, 15) is 0 Å². The van der Waals surface area contributed by atoms with E-state index in [1.165, 1.54) is 165 Å². The summed E-state index contributed by atoms with van der Waals surface area (Å²) in [5.41, 5.74) is 24.7. The minimum atomic E-state index is 1.22. The fourth-order valence-electron chi connectivity index (χ4n) is 14.1. The van der Waals surface area contributed by atoms with Gasteiger partial charge in [-0.1, -0.05) is 352 Å². The summed E-state index contributed by atoms with van der Waals surface area (Å²) in [6.07, 6.45) is 0. The molecule has 0 spiro atoms. The van der Waals surface area contributed by atoms with Crippen LogP contribution in [0.1, 0.15) is 0 Å². The molecule has 0 heteroatoms. The predicted molar refractivity (Wildman–Crippen MR) is 395 cm³/mol. The summed E-state index contributed by atoms with van der Waals surface area (Å²) >= 11 is 0. The van der Waals surface area contributed by atoms with Gasteiger partial charge in [0.15, 0.2) is 0 Å². The molecule has 17 aromatic carbocycles. The van der Waals surface area contributed by atoms with Gasteiger partial charge in [-0.3, -0.25) is 0 Å². The van der Waals surface area contributed by atoms with E-state index in [0.717, 1.165) is 0 Å². The molecule has 0 atom stereocenters. The van der Waals surface area contributed by atoms with Crippen LogP contribution >= 0.6 is 0 Å². The zero-order valence-corrected chi connectivity index (χ0v) is 50.8. The van der Waals surface area contributed by atoms with E-state index in [2.05, 4.69) is 376 Å². The minimum absolute atomic E-state index is 1.22. The van der Waals surface area contributed by atoms with Gasteiger partial charge in [0.2, 0.25) is 0 Å². The highest BCUT2D eigenvalue weighted by atomic mass is 14.3. The Labute approximate surface area is 537 Å². The number of fused-ring (bicyclic) bond motifs is 5. The maximum Gasteiger partial charge on any atom is -0.00199 e. The van der Waals surface area contributed by atoms with Crippen molar-refractivity contribution < 1.29 is 0 Å². The Bertz CT molecular complexity index is 5530. The molecule has 0 radical (unpaired) electrons. The number of hydrogen-bond donors (Lipinski definition) is 0. The lowest BCUT2D eigenvalue weighted by molar-refractivity contribution is 1.59. The minimum Gasteiger partial charge on any atom is -0.0622 e. The molecule has 0 amide bonds. The highest BCUT2D eigenvalue weighted by molar-refractivity contribution is 6.25. The third-order valence-electron chi connectivity index (χ3n) is 18.3. The fraction of sp³-hybridized carbons (Fsp3) is 0. The molecule has 0 N–H and O–H groups in total. The quantitative estimate of drug-likeness (QED) is 0.120. The summed E-state index contributed by atoms with van der Waals surface area (Å²) < 4.78 is 0. The molecule has 430 valence electrons. The third-order valence-corrected chi connectivity index (χ3v) is 18.3. The Morgan fingerprint density at radius 3 is 0.870 bits per heavy atom. The van der Waals surface area contributed by atoms with Crippen LogP contribution in [0.2, 0.25) is 0 Å². The van der Waals surface area contributed by atoms with Crippen LogP contribution < -0.4 is 0 Å². The monoisotopic (exact) mass is 1170 g/mol. The standard InChI is InChI=1S/C48H32.C44H30/c1-3-14-33(15-4-1)36-20-11-22-39(30-36)47-43-25-9-10-26-44(43)48(40-23-12-21-37(31-40)34-16-5-2-6-17-34)46-32-38(28-29-45(46)47)42-27-13-19-35-18-7-8-24-41(35)42;1-4-16-31(17-5-1)34-28-29-41-42(30-34)44(38-25-13-11-23-36(38)33-20-8-3-9-21-33)40-27-15-14-26-39(40)43(41)37-24-12-10-22-35(37)32-18-6-2-7-19-32/h1-32H;1-30H. The molecule has 0 nitrogen and oxygen atoms in total. The number of benzene rings is 17. The van der Waals surface area contributed by atoms with Gasteiger partial charge in [0.1, 0.15) is 0 Å². The second-order valence-electron chi connectivity index (χ2n) is 23.7. The van der Waals surface area contributed by atoms with Crippen molar-refractivity contribution >= 4 is 53.9 Å². The van der Waals surface area contributed by atoms with E-state index in [1.807, 2.05) is 0 Å². The van der Waals surface area contributed by atoms with E-state index in [1.54, 1.807) is 0 Å². The van der Waals surface area contributed by atoms with E-state index >= 15 is 0 Å². The molecule has 0 bridgehead atoms. The Morgan fingerprint density at radius 2 is 0.380 bits per heavy atom. The van der Waals surface area contributed by atoms with Gasteiger partial charge in [-0.05, 0) is 189 Å². The predicted octanol–water partition coefficient (Wildman–Crippen LogP) is 25.8. The first-order chi connectivity index (χ1) is 45.7. The Hall–Kier alpha value is -12.0. The summed E-state index contributed by atoms with van der Waals surface area (Å²) in [6.45, 7) is 0. The van der Waals surface area contributed by atoms with Gasteiger partial charge in [-0.25, -0.2) is 0 Å². The molecule has 92 heavy (non-hydrogen) atoms. The summed E-state index contributed by atoms with van der Waals surface area (Å²) in [7, 11) is 0. The lowest BCUT2D eigenvalue weighted by atomic mass is 9.81. The van der Waals surface area contributed by atoms with Gasteiger partial charge in [0, 0.05) is 0 Å². The molecule has 0 unspecified atom stereocenters. The SMILES string of the molecule is c1ccc(-c2ccc3c(-c4ccccc4-c4ccccc4)c4ccccc4c(-c4ccccc4-c4ccccc4)c3c2)cc1.c1ccc(-c2cccc(-c3c4ccccc4c(-c4cccc(-c5ccccc5)c4)c4cc(-c5cccc6ccccc56)ccc34)c2)cc1. The van der Waals surface area contributed by atoms with Gasteiger partial charge in [-0.2, -0.15) is 0 Å². The van der Waals surface area contributed by atoms with Crippen molar-refractivity contribution in [3.05, 3.63) is 376 Å². The zero-order valence-electron chi connectivity index (χ0n) is 50.8. The zero-order chi connectivity index (χ0) is 61.2. The van der Waals surface area contributed by atoms with Crippen LogP contribution in [0.3, 0.4) is 0 Å². The molecular weight excluding hydrogens is 1110 g/mol. The lowest BCUT2D eigenvalue weighted by Gasteiger charge is -2.21. The molecule has 0 fully saturated rings. The number of rotatable bonds is 10. The Balaban J connectivity index is 0.000000147. The largest absolute Gasteiger partial charge is 0.0622 e. The van der Waals surface area contributed by atoms with E-state index in [-0.39, 0.29) is 0 Å². The Kier molecular flexibility index (Phi) is 14.8. The average molecular weight is 1170 g/mol. The van der Waals surface area contributed by atoms with Gasteiger partial charge in [-0.15, -0.1) is 0 Å². The smallest absolute Gasteiger partial charge is 0.00199 e. The van der Waals surface area contributed by atoms with Crippen LogP contribution in [0.4, 0.5) is 0 Å². The highest BCUT2D eigenvalue weighted by Gasteiger charge is 2.23. The average Bonchev–Trinajstić information content (AvgIpc) is 0.740. The molecule has 0 saturated heterocycles. The van der Waals surface area contributed by atoms with E-state index in [4.69, 9.17) is 0 Å². The van der Waals surface area contributed by atoms with Crippen molar-refractivity contribution in [3.8, 4) is 111 Å². The molecule has 17 aromatic rings. The van der Waals surface area contributed by atoms with E-state index < -0.39 is 0 Å². The highest BCUT2D eigenvalue weighted by Crippen LogP contribution is 2.50. The topological polar surface area (TPSA) is 0 Å². The molecule has 0 aliphatic rings. The van der Waals surface area contributed by atoms with E-state index in [0.29, 0.717) is 0 Å². The summed E-state index contributed by atoms with van der Waals surface area (Å²) in [5.74, 6) is 0. The first-order valence-corrected chi connectivity index (χ1v) is 31.8. The van der Waals surface area contributed by atoms with Crippen molar-refractivity contribution in [3.63, 3.8) is 0 Å². The van der Waals surface area contributed by atoms with Crippen LogP contribution in [-0.2, 0) is 0 Å². The van der Waals surface area contributed by atoms with Gasteiger partial charge in [0.25, 0.3) is 0 Å². The summed E-state index contributed by atoms with van der Waals surface area (Å²) in [4.78, 5) is 0. The normalized spacial score (nSPS) is 11.3. The Morgan fingerprint density at radius 1 is 0.109 bits per heavy atom. The first kappa shape index (κ1) is 55.4. The van der Waals surface area contributed by atoms with Crippen molar-refractivity contribution in [2.75, 3.05) is 0 Å². The van der Waals surface area contributed by atoms with Crippen LogP contribution in [0.25, 0.3) is 165 Å². The maximum absolute atomic E-state index is 2.43. The van der Waals surface area contributed by atoms with Crippen LogP contribution in [-0.4, -0.2) is 0 Å². The van der Waals surface area contributed by atoms with Crippen molar-refractivity contribution in [1.82, 2.24) is 0 Å². The first-order valence-electron chi connectivity index (χ1n) is 31.8. The third kappa shape index (κ3) is 10.4. The molecular formula is C92H62. The summed E-state index contributed by atoms with van der Waals surface area (Å²) in [6, 6.07) is 137. The van der Waals surface area contributed by atoms with Crippen LogP contribution in [0.5, 0.6) is 0 Å². The molecule has 0 aliphatic carbocycles. The molecule has 17 rings (SSSR count). The molecule has 0 aromatic heterocycles. The second-order valence-corrected chi connectivity index (χ2v) is 23.7. The van der Waals surface area contributed by atoms with Crippen molar-refractivity contribution in [2.24, 2.45) is 0 Å². The van der Waals surface area contributed by atoms with Crippen molar-refractivity contribution in [2.45, 2.75) is 0 Å². The molecule has 0 saturated carbocycles. The van der Waals surface area contributed by atoms with Gasteiger partial charge in [0.05, 0.1) is 0 Å². The van der Waals surface area contributed by atoms with Crippen LogP contribution in [0, 0.1) is 0 Å². The maximum atomic E-state index is 2.43. The lowest BCUT2D eigenvalue weighted by Crippen LogP contribution is -1.94.